The standard InChI is InChI=1S/C14H17NO3/c1-18-14-8-6-13(7-9-14)12-4-2-11(3-5-12)10-15(16)17/h2,6-9,12H,3-5,10H2,1H3. The van der Waals surface area contributed by atoms with Gasteiger partial charge in [0.05, 0.1) is 7.11 Å². The van der Waals surface area contributed by atoms with Crippen LogP contribution in [0.15, 0.2) is 35.9 Å². The molecule has 1 atom stereocenters. The lowest BCUT2D eigenvalue weighted by molar-refractivity contribution is -0.471. The summed E-state index contributed by atoms with van der Waals surface area (Å²) >= 11 is 0. The van der Waals surface area contributed by atoms with Crippen molar-refractivity contribution in [3.63, 3.8) is 0 Å². The summed E-state index contributed by atoms with van der Waals surface area (Å²) in [4.78, 5) is 10.2. The molecule has 0 fully saturated rings. The zero-order valence-corrected chi connectivity index (χ0v) is 10.5. The number of benzene rings is 1. The second-order valence-corrected chi connectivity index (χ2v) is 4.60. The second kappa shape index (κ2) is 5.67. The van der Waals surface area contributed by atoms with Gasteiger partial charge in [-0.3, -0.25) is 10.1 Å². The molecule has 0 saturated carbocycles. The van der Waals surface area contributed by atoms with E-state index in [4.69, 9.17) is 4.74 Å². The monoisotopic (exact) mass is 247 g/mol. The van der Waals surface area contributed by atoms with Gasteiger partial charge in [-0.2, -0.15) is 0 Å². The van der Waals surface area contributed by atoms with E-state index in [0.29, 0.717) is 5.92 Å². The Morgan fingerprint density at radius 1 is 1.39 bits per heavy atom. The minimum absolute atomic E-state index is 0.00463. The fourth-order valence-corrected chi connectivity index (χ4v) is 2.38. The second-order valence-electron chi connectivity index (χ2n) is 4.60. The van der Waals surface area contributed by atoms with Crippen molar-refractivity contribution >= 4 is 0 Å². The van der Waals surface area contributed by atoms with Crippen LogP contribution in [0.4, 0.5) is 0 Å². The van der Waals surface area contributed by atoms with Crippen LogP contribution in [-0.2, 0) is 0 Å². The molecule has 96 valence electrons. The molecule has 0 spiro atoms. The van der Waals surface area contributed by atoms with E-state index in [1.54, 1.807) is 7.11 Å². The Morgan fingerprint density at radius 2 is 2.11 bits per heavy atom. The van der Waals surface area contributed by atoms with Gasteiger partial charge in [0, 0.05) is 4.92 Å². The molecule has 1 aliphatic carbocycles. The van der Waals surface area contributed by atoms with Gasteiger partial charge >= 0.3 is 0 Å². The predicted octanol–water partition coefficient (Wildman–Crippen LogP) is 3.17. The first-order chi connectivity index (χ1) is 8.69. The number of hydrogen-bond acceptors (Lipinski definition) is 3. The fraction of sp³-hybridized carbons (Fsp3) is 0.429. The Labute approximate surface area is 106 Å². The van der Waals surface area contributed by atoms with Gasteiger partial charge in [0.2, 0.25) is 6.54 Å². The van der Waals surface area contributed by atoms with E-state index in [-0.39, 0.29) is 11.5 Å². The minimum Gasteiger partial charge on any atom is -0.497 e. The van der Waals surface area contributed by atoms with Crippen molar-refractivity contribution < 1.29 is 9.66 Å². The Bertz CT molecular complexity index is 451. The number of nitrogens with zero attached hydrogens (tertiary/aromatic N) is 1. The van der Waals surface area contributed by atoms with Crippen LogP contribution in [-0.4, -0.2) is 18.6 Å². The Balaban J connectivity index is 2.00. The van der Waals surface area contributed by atoms with Gasteiger partial charge < -0.3 is 4.74 Å². The Hall–Kier alpha value is -1.84. The van der Waals surface area contributed by atoms with Gasteiger partial charge in [-0.25, -0.2) is 0 Å². The molecule has 0 radical (unpaired) electrons. The first-order valence-electron chi connectivity index (χ1n) is 6.12. The molecule has 0 heterocycles. The highest BCUT2D eigenvalue weighted by molar-refractivity contribution is 5.30. The molecule has 0 aliphatic heterocycles. The van der Waals surface area contributed by atoms with Crippen LogP contribution in [0.25, 0.3) is 0 Å². The third kappa shape index (κ3) is 3.09. The van der Waals surface area contributed by atoms with Crippen LogP contribution >= 0.6 is 0 Å². The smallest absolute Gasteiger partial charge is 0.224 e. The molecule has 4 nitrogen and oxygen atoms in total. The van der Waals surface area contributed by atoms with Gasteiger partial charge in [-0.1, -0.05) is 18.2 Å². The summed E-state index contributed by atoms with van der Waals surface area (Å²) in [7, 11) is 1.65. The topological polar surface area (TPSA) is 52.4 Å². The van der Waals surface area contributed by atoms with E-state index >= 15 is 0 Å². The molecule has 0 N–H and O–H groups in total. The Kier molecular flexibility index (Phi) is 3.97. The molecule has 2 rings (SSSR count). The van der Waals surface area contributed by atoms with Gasteiger partial charge in [0.15, 0.2) is 0 Å². The number of allylic oxidation sites excluding steroid dienone is 1. The third-order valence-electron chi connectivity index (χ3n) is 3.42. The summed E-state index contributed by atoms with van der Waals surface area (Å²) in [6.45, 7) is -0.00463. The molecule has 1 aliphatic rings. The van der Waals surface area contributed by atoms with Crippen molar-refractivity contribution in [2.24, 2.45) is 0 Å². The van der Waals surface area contributed by atoms with E-state index in [2.05, 4.69) is 12.1 Å². The van der Waals surface area contributed by atoms with Crippen molar-refractivity contribution in [3.8, 4) is 5.75 Å². The molecule has 0 amide bonds. The minimum atomic E-state index is -0.250. The quantitative estimate of drug-likeness (QED) is 0.466. The molecule has 0 saturated heterocycles. The lowest BCUT2D eigenvalue weighted by atomic mass is 9.84. The highest BCUT2D eigenvalue weighted by Gasteiger charge is 2.18. The molecule has 0 bridgehead atoms. The highest BCUT2D eigenvalue weighted by Crippen LogP contribution is 2.32. The average Bonchev–Trinajstić information content (AvgIpc) is 2.39. The van der Waals surface area contributed by atoms with Gasteiger partial charge in [-0.15, -0.1) is 0 Å². The normalized spacial score (nSPS) is 19.2. The molecule has 1 unspecified atom stereocenters. The number of nitro groups is 1. The molecule has 18 heavy (non-hydrogen) atoms. The maximum absolute atomic E-state index is 10.4. The van der Waals surface area contributed by atoms with Gasteiger partial charge in [0.25, 0.3) is 0 Å². The van der Waals surface area contributed by atoms with E-state index in [1.807, 2.05) is 18.2 Å². The molecular formula is C14H17NO3. The highest BCUT2D eigenvalue weighted by atomic mass is 16.6. The summed E-state index contributed by atoms with van der Waals surface area (Å²) in [6, 6.07) is 8.09. The van der Waals surface area contributed by atoms with Crippen LogP contribution in [0.5, 0.6) is 5.75 Å². The van der Waals surface area contributed by atoms with E-state index in [0.717, 1.165) is 30.6 Å². The number of ether oxygens (including phenoxy) is 1. The van der Waals surface area contributed by atoms with Gasteiger partial charge in [0.1, 0.15) is 5.75 Å². The van der Waals surface area contributed by atoms with Crippen LogP contribution in [0.1, 0.15) is 30.7 Å². The summed E-state index contributed by atoms with van der Waals surface area (Å²) in [5.41, 5.74) is 2.25. The van der Waals surface area contributed by atoms with Crippen molar-refractivity contribution in [2.75, 3.05) is 13.7 Å². The molecule has 0 aromatic heterocycles. The van der Waals surface area contributed by atoms with Crippen LogP contribution in [0.3, 0.4) is 0 Å². The summed E-state index contributed by atoms with van der Waals surface area (Å²) in [5, 5.41) is 10.4. The summed E-state index contributed by atoms with van der Waals surface area (Å²) < 4.78 is 5.13. The average molecular weight is 247 g/mol. The lowest BCUT2D eigenvalue weighted by Gasteiger charge is -2.21. The van der Waals surface area contributed by atoms with E-state index < -0.39 is 0 Å². The molecular weight excluding hydrogens is 230 g/mol. The van der Waals surface area contributed by atoms with Crippen molar-refractivity contribution in [2.45, 2.75) is 25.2 Å². The Morgan fingerprint density at radius 3 is 2.61 bits per heavy atom. The SMILES string of the molecule is COc1ccc(C2CC=C(C[N+](=O)[O-])CC2)cc1. The molecule has 1 aromatic rings. The van der Waals surface area contributed by atoms with Crippen LogP contribution in [0, 0.1) is 10.1 Å². The lowest BCUT2D eigenvalue weighted by Crippen LogP contribution is -2.10. The molecule has 4 heteroatoms. The largest absolute Gasteiger partial charge is 0.497 e. The predicted molar refractivity (Wildman–Crippen MR) is 69.5 cm³/mol. The van der Waals surface area contributed by atoms with Gasteiger partial charge in [-0.05, 0) is 48.4 Å². The van der Waals surface area contributed by atoms with Crippen LogP contribution in [0.2, 0.25) is 0 Å². The van der Waals surface area contributed by atoms with Crippen molar-refractivity contribution in [1.82, 2.24) is 0 Å². The number of methoxy groups -OCH3 is 1. The van der Waals surface area contributed by atoms with E-state index in [1.165, 1.54) is 5.56 Å². The zero-order valence-electron chi connectivity index (χ0n) is 10.5. The third-order valence-corrected chi connectivity index (χ3v) is 3.42. The van der Waals surface area contributed by atoms with Crippen molar-refractivity contribution in [3.05, 3.63) is 51.6 Å². The zero-order chi connectivity index (χ0) is 13.0. The number of rotatable bonds is 4. The van der Waals surface area contributed by atoms with E-state index in [9.17, 15) is 10.1 Å². The number of hydrogen-bond donors (Lipinski definition) is 0. The first-order valence-corrected chi connectivity index (χ1v) is 6.12. The summed E-state index contributed by atoms with van der Waals surface area (Å²) in [6.07, 6.45) is 4.75. The maximum Gasteiger partial charge on any atom is 0.224 e. The first kappa shape index (κ1) is 12.6. The van der Waals surface area contributed by atoms with Crippen molar-refractivity contribution in [1.29, 1.82) is 0 Å². The van der Waals surface area contributed by atoms with Crippen LogP contribution < -0.4 is 4.74 Å². The summed E-state index contributed by atoms with van der Waals surface area (Å²) in [5.74, 6) is 1.34. The molecule has 1 aromatic carbocycles. The fourth-order valence-electron chi connectivity index (χ4n) is 2.38. The maximum atomic E-state index is 10.4.